The van der Waals surface area contributed by atoms with Crippen LogP contribution in [-0.2, 0) is 11.3 Å². The van der Waals surface area contributed by atoms with E-state index in [9.17, 15) is 4.79 Å². The highest BCUT2D eigenvalue weighted by molar-refractivity contribution is 9.11. The third-order valence-corrected chi connectivity index (χ3v) is 4.42. The zero-order valence-corrected chi connectivity index (χ0v) is 11.1. The number of carboxylic acids is 1. The SMILES string of the molecule is NC1(C(=O)O)CCN(Cc2ccc(Br)s2)C1. The van der Waals surface area contributed by atoms with Crippen molar-refractivity contribution >= 4 is 33.2 Å². The molecule has 2 rings (SSSR count). The maximum atomic E-state index is 11.0. The Morgan fingerprint density at radius 1 is 1.69 bits per heavy atom. The summed E-state index contributed by atoms with van der Waals surface area (Å²) in [5, 5.41) is 9.00. The van der Waals surface area contributed by atoms with Crippen molar-refractivity contribution in [2.75, 3.05) is 13.1 Å². The van der Waals surface area contributed by atoms with Crippen LogP contribution in [0.25, 0.3) is 0 Å². The van der Waals surface area contributed by atoms with E-state index in [-0.39, 0.29) is 0 Å². The second-order valence-electron chi connectivity index (χ2n) is 4.13. The molecule has 1 saturated heterocycles. The van der Waals surface area contributed by atoms with Crippen molar-refractivity contribution in [3.63, 3.8) is 0 Å². The van der Waals surface area contributed by atoms with Crippen LogP contribution in [0.3, 0.4) is 0 Å². The van der Waals surface area contributed by atoms with Gasteiger partial charge in [-0.2, -0.15) is 0 Å². The van der Waals surface area contributed by atoms with Gasteiger partial charge in [-0.25, -0.2) is 0 Å². The van der Waals surface area contributed by atoms with Gasteiger partial charge in [0.15, 0.2) is 0 Å². The molecule has 0 amide bonds. The second-order valence-corrected chi connectivity index (χ2v) is 6.68. The van der Waals surface area contributed by atoms with Crippen molar-refractivity contribution < 1.29 is 9.90 Å². The lowest BCUT2D eigenvalue weighted by atomic mass is 10.0. The average Bonchev–Trinajstić information content (AvgIpc) is 2.75. The van der Waals surface area contributed by atoms with Gasteiger partial charge < -0.3 is 10.8 Å². The maximum Gasteiger partial charge on any atom is 0.325 e. The molecule has 16 heavy (non-hydrogen) atoms. The van der Waals surface area contributed by atoms with E-state index in [1.54, 1.807) is 11.3 Å². The zero-order valence-electron chi connectivity index (χ0n) is 8.65. The predicted molar refractivity (Wildman–Crippen MR) is 66.5 cm³/mol. The molecule has 88 valence electrons. The topological polar surface area (TPSA) is 66.6 Å². The van der Waals surface area contributed by atoms with Gasteiger partial charge in [0.05, 0.1) is 3.79 Å². The molecule has 0 radical (unpaired) electrons. The van der Waals surface area contributed by atoms with Crippen molar-refractivity contribution in [3.05, 3.63) is 20.8 Å². The largest absolute Gasteiger partial charge is 0.480 e. The predicted octanol–water partition coefficient (Wildman–Crippen LogP) is 1.50. The number of rotatable bonds is 3. The Kier molecular flexibility index (Phi) is 3.34. The Balaban J connectivity index is 1.97. The van der Waals surface area contributed by atoms with E-state index in [2.05, 4.69) is 20.8 Å². The van der Waals surface area contributed by atoms with Gasteiger partial charge in [-0.15, -0.1) is 11.3 Å². The van der Waals surface area contributed by atoms with E-state index in [0.717, 1.165) is 16.9 Å². The molecule has 0 spiro atoms. The number of thiophene rings is 1. The molecule has 3 N–H and O–H groups in total. The summed E-state index contributed by atoms with van der Waals surface area (Å²) in [6, 6.07) is 4.05. The lowest BCUT2D eigenvalue weighted by molar-refractivity contribution is -0.142. The highest BCUT2D eigenvalue weighted by atomic mass is 79.9. The fourth-order valence-corrected chi connectivity index (χ4v) is 3.41. The summed E-state index contributed by atoms with van der Waals surface area (Å²) in [5.41, 5.74) is 4.74. The van der Waals surface area contributed by atoms with Gasteiger partial charge in [0, 0.05) is 24.5 Å². The maximum absolute atomic E-state index is 11.0. The zero-order chi connectivity index (χ0) is 11.8. The Hall–Kier alpha value is -0.430. The number of nitrogens with zero attached hydrogens (tertiary/aromatic N) is 1. The summed E-state index contributed by atoms with van der Waals surface area (Å²) < 4.78 is 1.10. The molecule has 0 saturated carbocycles. The molecule has 1 aliphatic rings. The smallest absolute Gasteiger partial charge is 0.325 e. The molecule has 1 aromatic heterocycles. The van der Waals surface area contributed by atoms with Crippen molar-refractivity contribution in [1.82, 2.24) is 4.90 Å². The minimum atomic E-state index is -1.06. The van der Waals surface area contributed by atoms with E-state index in [4.69, 9.17) is 10.8 Å². The number of likely N-dealkylation sites (tertiary alicyclic amines) is 1. The van der Waals surface area contributed by atoms with Crippen molar-refractivity contribution in [1.29, 1.82) is 0 Å². The lowest BCUT2D eigenvalue weighted by Crippen LogP contribution is -2.49. The Bertz CT molecular complexity index is 409. The van der Waals surface area contributed by atoms with Gasteiger partial charge >= 0.3 is 5.97 Å². The summed E-state index contributed by atoms with van der Waals surface area (Å²) in [4.78, 5) is 14.3. The monoisotopic (exact) mass is 304 g/mol. The first-order valence-electron chi connectivity index (χ1n) is 4.98. The number of hydrogen-bond acceptors (Lipinski definition) is 4. The highest BCUT2D eigenvalue weighted by Crippen LogP contribution is 2.26. The summed E-state index contributed by atoms with van der Waals surface area (Å²) in [6.07, 6.45) is 0.523. The first-order valence-corrected chi connectivity index (χ1v) is 6.59. The molecular weight excluding hydrogens is 292 g/mol. The first kappa shape index (κ1) is 12.0. The molecule has 1 aromatic rings. The first-order chi connectivity index (χ1) is 7.49. The van der Waals surface area contributed by atoms with Crippen LogP contribution in [0.2, 0.25) is 0 Å². The fourth-order valence-electron chi connectivity index (χ4n) is 1.88. The molecule has 0 aliphatic carbocycles. The van der Waals surface area contributed by atoms with E-state index in [1.807, 2.05) is 12.1 Å². The molecule has 0 aromatic carbocycles. The number of nitrogens with two attached hydrogens (primary N) is 1. The summed E-state index contributed by atoms with van der Waals surface area (Å²) >= 11 is 5.08. The van der Waals surface area contributed by atoms with Crippen molar-refractivity contribution in [2.45, 2.75) is 18.5 Å². The van der Waals surface area contributed by atoms with E-state index in [0.29, 0.717) is 13.0 Å². The van der Waals surface area contributed by atoms with Gasteiger partial charge in [-0.3, -0.25) is 9.69 Å². The van der Waals surface area contributed by atoms with E-state index >= 15 is 0 Å². The molecule has 2 heterocycles. The minimum Gasteiger partial charge on any atom is -0.480 e. The molecule has 1 unspecified atom stereocenters. The number of hydrogen-bond donors (Lipinski definition) is 2. The average molecular weight is 305 g/mol. The van der Waals surface area contributed by atoms with Crippen LogP contribution in [-0.4, -0.2) is 34.6 Å². The molecule has 0 bridgehead atoms. The van der Waals surface area contributed by atoms with Gasteiger partial charge in [0.1, 0.15) is 5.54 Å². The summed E-state index contributed by atoms with van der Waals surface area (Å²) in [7, 11) is 0. The van der Waals surface area contributed by atoms with Gasteiger partial charge in [0.2, 0.25) is 0 Å². The highest BCUT2D eigenvalue weighted by Gasteiger charge is 2.41. The molecule has 4 nitrogen and oxygen atoms in total. The number of halogens is 1. The third kappa shape index (κ3) is 2.45. The van der Waals surface area contributed by atoms with Crippen LogP contribution in [0.5, 0.6) is 0 Å². The fraction of sp³-hybridized carbons (Fsp3) is 0.500. The number of aliphatic carboxylic acids is 1. The van der Waals surface area contributed by atoms with Crippen molar-refractivity contribution in [3.8, 4) is 0 Å². The van der Waals surface area contributed by atoms with Crippen LogP contribution >= 0.6 is 27.3 Å². The Morgan fingerprint density at radius 3 is 2.94 bits per heavy atom. The Labute approximate surface area is 106 Å². The molecule has 1 aliphatic heterocycles. The van der Waals surface area contributed by atoms with Crippen LogP contribution in [0.4, 0.5) is 0 Å². The molecule has 6 heteroatoms. The van der Waals surface area contributed by atoms with Gasteiger partial charge in [0.25, 0.3) is 0 Å². The normalized spacial score (nSPS) is 26.1. The standard InChI is InChI=1S/C10H13BrN2O2S/c11-8-2-1-7(16-8)5-13-4-3-10(12,6-13)9(14)15/h1-2H,3-6,12H2,(H,14,15). The molecular formula is C10H13BrN2O2S. The second kappa shape index (κ2) is 4.44. The van der Waals surface area contributed by atoms with Crippen LogP contribution < -0.4 is 5.73 Å². The third-order valence-electron chi connectivity index (χ3n) is 2.81. The van der Waals surface area contributed by atoms with Gasteiger partial charge in [-0.1, -0.05) is 0 Å². The summed E-state index contributed by atoms with van der Waals surface area (Å²) in [6.45, 7) is 1.96. The quantitative estimate of drug-likeness (QED) is 0.888. The molecule has 1 fully saturated rings. The number of carboxylic acid groups (broad SMARTS) is 1. The minimum absolute atomic E-state index is 0.428. The van der Waals surface area contributed by atoms with Crippen LogP contribution in [0, 0.1) is 0 Å². The van der Waals surface area contributed by atoms with Crippen molar-refractivity contribution in [2.24, 2.45) is 5.73 Å². The number of carbonyl (C=O) groups is 1. The van der Waals surface area contributed by atoms with E-state index < -0.39 is 11.5 Å². The molecule has 1 atom stereocenters. The van der Waals surface area contributed by atoms with Gasteiger partial charge in [-0.05, 0) is 34.5 Å². The van der Waals surface area contributed by atoms with Crippen LogP contribution in [0.15, 0.2) is 15.9 Å². The lowest BCUT2D eigenvalue weighted by Gasteiger charge is -2.19. The van der Waals surface area contributed by atoms with Crippen LogP contribution in [0.1, 0.15) is 11.3 Å². The summed E-state index contributed by atoms with van der Waals surface area (Å²) in [5.74, 6) is -0.901. The van der Waals surface area contributed by atoms with E-state index in [1.165, 1.54) is 4.88 Å². The Morgan fingerprint density at radius 2 is 2.44 bits per heavy atom.